The van der Waals surface area contributed by atoms with Gasteiger partial charge in [0.1, 0.15) is 5.75 Å². The molecule has 0 fully saturated rings. The van der Waals surface area contributed by atoms with Gasteiger partial charge in [0.2, 0.25) is 15.9 Å². The molecule has 0 atom stereocenters. The van der Waals surface area contributed by atoms with Crippen molar-refractivity contribution in [2.75, 3.05) is 31.3 Å². The highest BCUT2D eigenvalue weighted by molar-refractivity contribution is 7.89. The number of carbonyl (C=O) groups is 1. The summed E-state index contributed by atoms with van der Waals surface area (Å²) in [6.07, 6.45) is 0.719. The molecule has 1 heterocycles. The normalized spacial score (nSPS) is 11.4. The summed E-state index contributed by atoms with van der Waals surface area (Å²) in [5.74, 6) is 0.615. The van der Waals surface area contributed by atoms with Crippen molar-refractivity contribution in [2.45, 2.75) is 31.6 Å². The van der Waals surface area contributed by atoms with Gasteiger partial charge in [0.15, 0.2) is 5.13 Å². The summed E-state index contributed by atoms with van der Waals surface area (Å²) < 4.78 is 32.7. The molecule has 10 heteroatoms. The third-order valence-electron chi connectivity index (χ3n) is 5.04. The summed E-state index contributed by atoms with van der Waals surface area (Å²) in [7, 11) is -0.159. The van der Waals surface area contributed by atoms with Crippen LogP contribution in [0.15, 0.2) is 52.7 Å². The van der Waals surface area contributed by atoms with Gasteiger partial charge in [-0.25, -0.2) is 18.1 Å². The molecule has 34 heavy (non-hydrogen) atoms. The highest BCUT2D eigenvalue weighted by atomic mass is 32.2. The molecule has 0 radical (unpaired) electrons. The number of sulfonamides is 1. The van der Waals surface area contributed by atoms with Crippen LogP contribution in [0.2, 0.25) is 0 Å². The van der Waals surface area contributed by atoms with Crippen LogP contribution < -0.4 is 20.1 Å². The molecule has 0 unspecified atom stereocenters. The lowest BCUT2D eigenvalue weighted by Gasteiger charge is -2.12. The molecule has 0 aliphatic rings. The molecule has 0 bridgehead atoms. The molecule has 3 rings (SSSR count). The first-order chi connectivity index (χ1) is 16.2. The van der Waals surface area contributed by atoms with E-state index in [2.05, 4.69) is 20.3 Å². The predicted octanol–water partition coefficient (Wildman–Crippen LogP) is 4.37. The third-order valence-corrected chi connectivity index (χ3v) is 7.34. The van der Waals surface area contributed by atoms with Crippen molar-refractivity contribution in [2.24, 2.45) is 5.92 Å². The van der Waals surface area contributed by atoms with Gasteiger partial charge in [0.25, 0.3) is 0 Å². The van der Waals surface area contributed by atoms with Crippen LogP contribution in [0.25, 0.3) is 11.3 Å². The third kappa shape index (κ3) is 6.78. The molecule has 1 aromatic heterocycles. The number of amides is 1. The molecule has 0 saturated heterocycles. The number of thiazole rings is 1. The molecule has 3 N–H and O–H groups in total. The number of anilines is 2. The second-order valence-electron chi connectivity index (χ2n) is 8.14. The summed E-state index contributed by atoms with van der Waals surface area (Å²) in [5.41, 5.74) is 3.13. The van der Waals surface area contributed by atoms with Crippen molar-refractivity contribution in [3.05, 3.63) is 53.4 Å². The van der Waals surface area contributed by atoms with Crippen molar-refractivity contribution in [1.82, 2.24) is 9.71 Å². The fourth-order valence-corrected chi connectivity index (χ4v) is 5.05. The van der Waals surface area contributed by atoms with Crippen molar-refractivity contribution >= 4 is 38.1 Å². The molecular weight excluding hydrogens is 472 g/mol. The van der Waals surface area contributed by atoms with Crippen molar-refractivity contribution < 1.29 is 17.9 Å². The van der Waals surface area contributed by atoms with Crippen LogP contribution in [0.3, 0.4) is 0 Å². The maximum absolute atomic E-state index is 12.6. The van der Waals surface area contributed by atoms with Gasteiger partial charge in [-0.2, -0.15) is 0 Å². The summed E-state index contributed by atoms with van der Waals surface area (Å²) >= 11 is 1.50. The maximum Gasteiger partial charge on any atom is 0.240 e. The number of rotatable bonds is 11. The molecule has 8 nitrogen and oxygen atoms in total. The van der Waals surface area contributed by atoms with Gasteiger partial charge >= 0.3 is 0 Å². The molecule has 2 aromatic carbocycles. The number of aromatic nitrogens is 1. The summed E-state index contributed by atoms with van der Waals surface area (Å²) in [6.45, 7) is 4.27. The average molecular weight is 503 g/mol. The van der Waals surface area contributed by atoms with Crippen molar-refractivity contribution in [3.63, 3.8) is 0 Å². The first kappa shape index (κ1) is 25.7. The lowest BCUT2D eigenvalue weighted by atomic mass is 10.1. The second-order valence-corrected chi connectivity index (χ2v) is 10.8. The van der Waals surface area contributed by atoms with E-state index in [0.717, 1.165) is 22.0 Å². The molecule has 0 aliphatic carbocycles. The second kappa shape index (κ2) is 11.5. The molecule has 3 aromatic rings. The number of aryl methyl sites for hydroxylation is 1. The highest BCUT2D eigenvalue weighted by Gasteiger charge is 2.15. The quantitative estimate of drug-likeness (QED) is 0.359. The lowest BCUT2D eigenvalue weighted by molar-refractivity contribution is -0.116. The van der Waals surface area contributed by atoms with E-state index in [9.17, 15) is 13.2 Å². The van der Waals surface area contributed by atoms with E-state index in [1.165, 1.54) is 11.3 Å². The molecule has 0 aliphatic heterocycles. The van der Waals surface area contributed by atoms with Crippen molar-refractivity contribution in [1.29, 1.82) is 0 Å². The maximum atomic E-state index is 12.6. The molecular formula is C24H30N4O4S2. The minimum absolute atomic E-state index is 0.167. The summed E-state index contributed by atoms with van der Waals surface area (Å²) in [6, 6.07) is 12.1. The Hall–Kier alpha value is -2.95. The lowest BCUT2D eigenvalue weighted by Crippen LogP contribution is -2.27. The van der Waals surface area contributed by atoms with Gasteiger partial charge in [-0.15, -0.1) is 11.3 Å². The summed E-state index contributed by atoms with van der Waals surface area (Å²) in [5, 5.41) is 8.69. The predicted molar refractivity (Wildman–Crippen MR) is 137 cm³/mol. The van der Waals surface area contributed by atoms with E-state index in [1.54, 1.807) is 37.4 Å². The zero-order valence-electron chi connectivity index (χ0n) is 19.7. The number of benzene rings is 2. The van der Waals surface area contributed by atoms with Gasteiger partial charge in [-0.05, 0) is 48.2 Å². The standard InChI is InChI=1S/C24H30N4O4S2/c1-16(2)14-26-34(30,31)19-9-5-17(6-10-19)7-12-23(29)27-20-13-18(8-11-22(20)32-4)21-15-33-24(25-3)28-21/h5-6,8-11,13,15-16,26H,7,12,14H2,1-4H3,(H,25,28)(H,27,29). The van der Waals surface area contributed by atoms with E-state index in [-0.39, 0.29) is 23.1 Å². The first-order valence-corrected chi connectivity index (χ1v) is 13.3. The zero-order chi connectivity index (χ0) is 24.7. The SMILES string of the molecule is CNc1nc(-c2ccc(OC)c(NC(=O)CCc3ccc(S(=O)(=O)NCC(C)C)cc3)c2)cs1. The number of ether oxygens (including phenoxy) is 1. The Morgan fingerprint density at radius 1 is 1.15 bits per heavy atom. The van der Waals surface area contributed by atoms with E-state index >= 15 is 0 Å². The van der Waals surface area contributed by atoms with Crippen LogP contribution in [0.5, 0.6) is 5.75 Å². The Kier molecular flexibility index (Phi) is 8.65. The first-order valence-electron chi connectivity index (χ1n) is 10.9. The molecule has 1 amide bonds. The number of hydrogen-bond acceptors (Lipinski definition) is 7. The number of carbonyl (C=O) groups excluding carboxylic acids is 1. The molecule has 0 saturated carbocycles. The number of methoxy groups -OCH3 is 1. The van der Waals surface area contributed by atoms with Crippen LogP contribution in [-0.2, 0) is 21.2 Å². The fraction of sp³-hybridized carbons (Fsp3) is 0.333. The Labute approximate surface area is 204 Å². The van der Waals surface area contributed by atoms with Gasteiger partial charge < -0.3 is 15.4 Å². The van der Waals surface area contributed by atoms with Crippen LogP contribution >= 0.6 is 11.3 Å². The molecule has 182 valence electrons. The number of nitrogens with zero attached hydrogens (tertiary/aromatic N) is 1. The Morgan fingerprint density at radius 2 is 1.88 bits per heavy atom. The largest absolute Gasteiger partial charge is 0.495 e. The Balaban J connectivity index is 1.63. The van der Waals surface area contributed by atoms with Crippen LogP contribution in [-0.4, -0.2) is 40.0 Å². The topological polar surface area (TPSA) is 109 Å². The van der Waals surface area contributed by atoms with E-state index < -0.39 is 10.0 Å². The van der Waals surface area contributed by atoms with Crippen LogP contribution in [0.1, 0.15) is 25.8 Å². The number of hydrogen-bond donors (Lipinski definition) is 3. The van der Waals surface area contributed by atoms with Gasteiger partial charge in [-0.3, -0.25) is 4.79 Å². The van der Waals surface area contributed by atoms with E-state index in [1.807, 2.05) is 38.4 Å². The zero-order valence-corrected chi connectivity index (χ0v) is 21.3. The van der Waals surface area contributed by atoms with Gasteiger partial charge in [-0.1, -0.05) is 26.0 Å². The molecule has 0 spiro atoms. The fourth-order valence-electron chi connectivity index (χ4n) is 3.15. The van der Waals surface area contributed by atoms with E-state index in [4.69, 9.17) is 4.74 Å². The monoisotopic (exact) mass is 502 g/mol. The van der Waals surface area contributed by atoms with Gasteiger partial charge in [0, 0.05) is 31.0 Å². The van der Waals surface area contributed by atoms with E-state index in [0.29, 0.717) is 24.4 Å². The minimum atomic E-state index is -3.53. The van der Waals surface area contributed by atoms with Crippen LogP contribution in [0.4, 0.5) is 10.8 Å². The van der Waals surface area contributed by atoms with Crippen molar-refractivity contribution in [3.8, 4) is 17.0 Å². The Bertz CT molecular complexity index is 1220. The minimum Gasteiger partial charge on any atom is -0.495 e. The smallest absolute Gasteiger partial charge is 0.240 e. The summed E-state index contributed by atoms with van der Waals surface area (Å²) in [4.78, 5) is 17.3. The Morgan fingerprint density at radius 3 is 2.50 bits per heavy atom. The average Bonchev–Trinajstić information content (AvgIpc) is 3.31. The van der Waals surface area contributed by atoms with Gasteiger partial charge in [0.05, 0.1) is 23.4 Å². The van der Waals surface area contributed by atoms with Crippen LogP contribution in [0, 0.1) is 5.92 Å². The number of nitrogens with one attached hydrogen (secondary N) is 3. The highest BCUT2D eigenvalue weighted by Crippen LogP contribution is 2.32.